The highest BCUT2D eigenvalue weighted by atomic mass is 32.2. The highest BCUT2D eigenvalue weighted by Crippen LogP contribution is 2.23. The number of aromatic nitrogens is 2. The van der Waals surface area contributed by atoms with Gasteiger partial charge in [0.05, 0.1) is 29.6 Å². The Morgan fingerprint density at radius 1 is 1.35 bits per heavy atom. The van der Waals surface area contributed by atoms with E-state index < -0.39 is 5.76 Å². The third-order valence-corrected chi connectivity index (χ3v) is 3.20. The maximum Gasteiger partial charge on any atom is 0.290 e. The van der Waals surface area contributed by atoms with Gasteiger partial charge in [-0.05, 0) is 23.9 Å². The lowest BCUT2D eigenvalue weighted by Gasteiger charge is -2.04. The van der Waals surface area contributed by atoms with Gasteiger partial charge in [0, 0.05) is 5.38 Å². The number of nitrogens with one attached hydrogen (secondary N) is 1. The molecule has 2 heterocycles. The molecular weight excluding hydrogens is 264 g/mol. The van der Waals surface area contributed by atoms with E-state index >= 15 is 0 Å². The molecule has 0 amide bonds. The van der Waals surface area contributed by atoms with Crippen molar-refractivity contribution >= 4 is 28.8 Å². The molecule has 2 rings (SSSR count). The first-order valence-corrected chi connectivity index (χ1v) is 6.58. The average Bonchev–Trinajstić information content (AvgIpc) is 2.80. The van der Waals surface area contributed by atoms with Crippen LogP contribution >= 0.6 is 23.1 Å². The molecule has 0 bridgehead atoms. The summed E-state index contributed by atoms with van der Waals surface area (Å²) in [5, 5.41) is 5.38. The van der Waals surface area contributed by atoms with Crippen LogP contribution in [0.5, 0.6) is 0 Å². The number of anilines is 1. The van der Waals surface area contributed by atoms with Gasteiger partial charge in [0.1, 0.15) is 5.03 Å². The summed E-state index contributed by atoms with van der Waals surface area (Å²) in [5.74, 6) is -2.43. The maximum atomic E-state index is 12.1. The molecule has 0 aliphatic heterocycles. The number of thiazole rings is 1. The van der Waals surface area contributed by atoms with Crippen LogP contribution in [-0.2, 0) is 6.54 Å². The molecule has 7 heteroatoms. The molecule has 0 saturated heterocycles. The van der Waals surface area contributed by atoms with Crippen molar-refractivity contribution in [3.8, 4) is 0 Å². The molecule has 17 heavy (non-hydrogen) atoms. The first-order valence-electron chi connectivity index (χ1n) is 4.76. The van der Waals surface area contributed by atoms with Crippen LogP contribution in [0.4, 0.5) is 14.5 Å². The van der Waals surface area contributed by atoms with Crippen LogP contribution in [0.15, 0.2) is 34.2 Å². The fourth-order valence-electron chi connectivity index (χ4n) is 1.16. The van der Waals surface area contributed by atoms with E-state index in [2.05, 4.69) is 15.3 Å². The van der Waals surface area contributed by atoms with Crippen molar-refractivity contribution in [3.63, 3.8) is 0 Å². The van der Waals surface area contributed by atoms with Crippen molar-refractivity contribution in [2.24, 2.45) is 0 Å². The summed E-state index contributed by atoms with van der Waals surface area (Å²) in [6.07, 6.45) is 1.54. The lowest BCUT2D eigenvalue weighted by atomic mass is 10.4. The van der Waals surface area contributed by atoms with Crippen LogP contribution in [0.3, 0.4) is 0 Å². The lowest BCUT2D eigenvalue weighted by Crippen LogP contribution is -1.99. The maximum absolute atomic E-state index is 12.1. The Morgan fingerprint density at radius 2 is 2.24 bits per heavy atom. The number of halogens is 2. The first kappa shape index (κ1) is 12.3. The Labute approximate surface area is 105 Å². The number of rotatable bonds is 5. The molecule has 0 atom stereocenters. The summed E-state index contributed by atoms with van der Waals surface area (Å²) in [4.78, 5) is 8.04. The molecule has 0 radical (unpaired) electrons. The molecule has 2 aromatic rings. The number of alkyl halides is 2. The van der Waals surface area contributed by atoms with Gasteiger partial charge in [-0.1, -0.05) is 0 Å². The molecule has 0 unspecified atom stereocenters. The summed E-state index contributed by atoms with van der Waals surface area (Å²) in [7, 11) is 0. The van der Waals surface area contributed by atoms with Crippen molar-refractivity contribution in [2.75, 3.05) is 5.32 Å². The van der Waals surface area contributed by atoms with Gasteiger partial charge in [-0.2, -0.15) is 8.78 Å². The lowest BCUT2D eigenvalue weighted by molar-refractivity contribution is 0.252. The summed E-state index contributed by atoms with van der Waals surface area (Å²) in [6, 6.07) is 3.30. The van der Waals surface area contributed by atoms with Crippen LogP contribution in [-0.4, -0.2) is 15.7 Å². The minimum Gasteiger partial charge on any atom is -0.378 e. The minimum atomic E-state index is -2.43. The van der Waals surface area contributed by atoms with Gasteiger partial charge in [0.15, 0.2) is 0 Å². The fourth-order valence-corrected chi connectivity index (χ4v) is 2.16. The zero-order chi connectivity index (χ0) is 12.1. The normalized spacial score (nSPS) is 10.8. The van der Waals surface area contributed by atoms with Crippen LogP contribution in [0.25, 0.3) is 0 Å². The number of hydrogen-bond donors (Lipinski definition) is 1. The number of hydrogen-bond acceptors (Lipinski definition) is 5. The average molecular weight is 273 g/mol. The van der Waals surface area contributed by atoms with Crippen molar-refractivity contribution in [1.82, 2.24) is 9.97 Å². The van der Waals surface area contributed by atoms with E-state index in [1.165, 1.54) is 17.5 Å². The molecule has 3 nitrogen and oxygen atoms in total. The molecule has 0 spiro atoms. The molecule has 1 N–H and O–H groups in total. The molecule has 0 aliphatic carbocycles. The van der Waals surface area contributed by atoms with E-state index in [-0.39, 0.29) is 0 Å². The predicted molar refractivity (Wildman–Crippen MR) is 65.5 cm³/mol. The summed E-state index contributed by atoms with van der Waals surface area (Å²) >= 11 is 1.97. The van der Waals surface area contributed by atoms with E-state index in [1.54, 1.807) is 17.6 Å². The third kappa shape index (κ3) is 3.94. The van der Waals surface area contributed by atoms with E-state index in [1.807, 2.05) is 5.38 Å². The van der Waals surface area contributed by atoms with Crippen molar-refractivity contribution in [1.29, 1.82) is 0 Å². The van der Waals surface area contributed by atoms with Crippen molar-refractivity contribution in [2.45, 2.75) is 17.3 Å². The monoisotopic (exact) mass is 273 g/mol. The first-order chi connectivity index (χ1) is 8.24. The predicted octanol–water partition coefficient (Wildman–Crippen LogP) is 3.46. The van der Waals surface area contributed by atoms with E-state index in [0.717, 1.165) is 11.4 Å². The van der Waals surface area contributed by atoms with E-state index in [4.69, 9.17) is 0 Å². The highest BCUT2D eigenvalue weighted by Gasteiger charge is 2.06. The Morgan fingerprint density at radius 3 is 2.82 bits per heavy atom. The largest absolute Gasteiger partial charge is 0.378 e. The summed E-state index contributed by atoms with van der Waals surface area (Å²) < 4.78 is 24.1. The van der Waals surface area contributed by atoms with Crippen LogP contribution < -0.4 is 5.32 Å². The van der Waals surface area contributed by atoms with E-state index in [9.17, 15) is 8.78 Å². The minimum absolute atomic E-state index is 0.319. The molecule has 90 valence electrons. The molecule has 0 aromatic carbocycles. The molecule has 0 fully saturated rings. The summed E-state index contributed by atoms with van der Waals surface area (Å²) in [5.41, 5.74) is 3.50. The topological polar surface area (TPSA) is 37.8 Å². The van der Waals surface area contributed by atoms with Crippen LogP contribution in [0.2, 0.25) is 0 Å². The van der Waals surface area contributed by atoms with Crippen LogP contribution in [0.1, 0.15) is 5.69 Å². The molecule has 0 aliphatic rings. The number of pyridine rings is 1. The van der Waals surface area contributed by atoms with Crippen molar-refractivity contribution < 1.29 is 8.78 Å². The summed E-state index contributed by atoms with van der Waals surface area (Å²) in [6.45, 7) is 0.604. The van der Waals surface area contributed by atoms with Crippen LogP contribution in [0, 0.1) is 0 Å². The second-order valence-electron chi connectivity index (χ2n) is 3.10. The van der Waals surface area contributed by atoms with Gasteiger partial charge >= 0.3 is 0 Å². The Balaban J connectivity index is 1.89. The second-order valence-corrected chi connectivity index (χ2v) is 4.83. The zero-order valence-electron chi connectivity index (χ0n) is 8.64. The third-order valence-electron chi connectivity index (χ3n) is 1.90. The standard InChI is InChI=1S/C10H9F2N3S2/c11-10(12)17-9-2-1-7(3-14-9)13-4-8-5-16-6-15-8/h1-3,5-6,10,13H,4H2. The van der Waals surface area contributed by atoms with Gasteiger partial charge in [-0.3, -0.25) is 0 Å². The van der Waals surface area contributed by atoms with E-state index in [0.29, 0.717) is 23.3 Å². The second kappa shape index (κ2) is 5.92. The molecular formula is C10H9F2N3S2. The van der Waals surface area contributed by atoms with Gasteiger partial charge in [0.2, 0.25) is 0 Å². The number of nitrogens with zero attached hydrogens (tertiary/aromatic N) is 2. The molecule has 0 saturated carbocycles. The fraction of sp³-hybridized carbons (Fsp3) is 0.200. The quantitative estimate of drug-likeness (QED) is 0.847. The van der Waals surface area contributed by atoms with Gasteiger partial charge in [-0.25, -0.2) is 9.97 Å². The Bertz CT molecular complexity index is 445. The zero-order valence-corrected chi connectivity index (χ0v) is 10.3. The van der Waals surface area contributed by atoms with Crippen molar-refractivity contribution in [3.05, 3.63) is 34.9 Å². The van der Waals surface area contributed by atoms with Gasteiger partial charge < -0.3 is 5.32 Å². The Kier molecular flexibility index (Phi) is 4.27. The highest BCUT2D eigenvalue weighted by molar-refractivity contribution is 7.99. The SMILES string of the molecule is FC(F)Sc1ccc(NCc2cscn2)cn1. The number of thioether (sulfide) groups is 1. The Hall–Kier alpha value is -1.21. The van der Waals surface area contributed by atoms with Gasteiger partial charge in [-0.15, -0.1) is 11.3 Å². The van der Waals surface area contributed by atoms with Gasteiger partial charge in [0.25, 0.3) is 5.76 Å². The smallest absolute Gasteiger partial charge is 0.290 e. The molecule has 2 aromatic heterocycles.